The standard InChI is InChI=1S/C20H29N2O/c1-4-6-16-22(5-2,17(3)23)20-14-11-13-19-18(20)12-9-7-8-10-15-21-19/h11,13-14,21H,5,7-10,12,15-16H2,1-3H3/q+1. The first kappa shape index (κ1) is 17.6. The Morgan fingerprint density at radius 3 is 2.74 bits per heavy atom. The first-order valence-corrected chi connectivity index (χ1v) is 8.80. The molecule has 0 fully saturated rings. The third kappa shape index (κ3) is 3.76. The summed E-state index contributed by atoms with van der Waals surface area (Å²) in [5.74, 6) is 6.28. The van der Waals surface area contributed by atoms with Crippen LogP contribution in [0.1, 0.15) is 52.0 Å². The summed E-state index contributed by atoms with van der Waals surface area (Å²) in [4.78, 5) is 12.6. The molecule has 23 heavy (non-hydrogen) atoms. The van der Waals surface area contributed by atoms with Gasteiger partial charge in [0.2, 0.25) is 0 Å². The van der Waals surface area contributed by atoms with E-state index in [0.717, 1.165) is 25.2 Å². The minimum Gasteiger partial charge on any atom is -0.385 e. The fourth-order valence-corrected chi connectivity index (χ4v) is 3.49. The number of carbonyl (C=O) groups is 1. The van der Waals surface area contributed by atoms with E-state index in [2.05, 4.69) is 42.3 Å². The van der Waals surface area contributed by atoms with Gasteiger partial charge in [0, 0.05) is 23.9 Å². The zero-order valence-corrected chi connectivity index (χ0v) is 14.7. The van der Waals surface area contributed by atoms with Gasteiger partial charge in [-0.3, -0.25) is 0 Å². The van der Waals surface area contributed by atoms with Gasteiger partial charge in [0.15, 0.2) is 6.54 Å². The van der Waals surface area contributed by atoms with Gasteiger partial charge < -0.3 is 5.32 Å². The summed E-state index contributed by atoms with van der Waals surface area (Å²) in [6.45, 7) is 7.92. The first-order valence-electron chi connectivity index (χ1n) is 8.80. The molecule has 1 amide bonds. The maximum absolute atomic E-state index is 12.6. The summed E-state index contributed by atoms with van der Waals surface area (Å²) in [5.41, 5.74) is 3.64. The average Bonchev–Trinajstić information content (AvgIpc) is 2.67. The number of nitrogens with one attached hydrogen (secondary N) is 1. The molecule has 124 valence electrons. The van der Waals surface area contributed by atoms with Crippen LogP contribution in [0.4, 0.5) is 11.4 Å². The van der Waals surface area contributed by atoms with Crippen LogP contribution in [0, 0.1) is 11.8 Å². The van der Waals surface area contributed by atoms with Crippen LogP contribution in [0.5, 0.6) is 0 Å². The van der Waals surface area contributed by atoms with Crippen LogP contribution < -0.4 is 9.80 Å². The molecule has 1 aliphatic rings. The molecule has 1 aliphatic heterocycles. The van der Waals surface area contributed by atoms with Crippen molar-refractivity contribution in [2.75, 3.05) is 25.0 Å². The van der Waals surface area contributed by atoms with Gasteiger partial charge in [-0.25, -0.2) is 9.28 Å². The van der Waals surface area contributed by atoms with Crippen LogP contribution in [0.15, 0.2) is 18.2 Å². The van der Waals surface area contributed by atoms with Crippen molar-refractivity contribution in [3.05, 3.63) is 23.8 Å². The SMILES string of the molecule is CC#CC[N+](CC)(C(C)=O)c1cccc2c1CCCCCCN2. The van der Waals surface area contributed by atoms with E-state index in [1.807, 2.05) is 6.92 Å². The number of benzene rings is 1. The monoisotopic (exact) mass is 313 g/mol. The fourth-order valence-electron chi connectivity index (χ4n) is 3.49. The number of hydrogen-bond acceptors (Lipinski definition) is 2. The Morgan fingerprint density at radius 1 is 1.26 bits per heavy atom. The maximum Gasteiger partial charge on any atom is 0.316 e. The molecule has 0 spiro atoms. The van der Waals surface area contributed by atoms with E-state index in [-0.39, 0.29) is 5.91 Å². The second kappa shape index (κ2) is 8.17. The third-order valence-corrected chi connectivity index (χ3v) is 4.95. The van der Waals surface area contributed by atoms with Crippen molar-refractivity contribution in [2.45, 2.75) is 52.9 Å². The lowest BCUT2D eigenvalue weighted by molar-refractivity contribution is -0.127. The molecule has 0 bridgehead atoms. The molecule has 0 saturated heterocycles. The van der Waals surface area contributed by atoms with E-state index < -0.39 is 0 Å². The summed E-state index contributed by atoms with van der Waals surface area (Å²) < 4.78 is 0.325. The van der Waals surface area contributed by atoms with Gasteiger partial charge in [-0.1, -0.05) is 18.9 Å². The second-order valence-corrected chi connectivity index (χ2v) is 6.28. The zero-order valence-electron chi connectivity index (χ0n) is 14.7. The molecule has 1 N–H and O–H groups in total. The van der Waals surface area contributed by atoms with Crippen molar-refractivity contribution >= 4 is 17.3 Å². The highest BCUT2D eigenvalue weighted by molar-refractivity contribution is 5.89. The van der Waals surface area contributed by atoms with Gasteiger partial charge in [0.25, 0.3) is 0 Å². The topological polar surface area (TPSA) is 29.1 Å². The van der Waals surface area contributed by atoms with E-state index in [9.17, 15) is 4.79 Å². The zero-order chi connectivity index (χ0) is 16.7. The number of rotatable bonds is 3. The second-order valence-electron chi connectivity index (χ2n) is 6.28. The van der Waals surface area contributed by atoms with Crippen molar-refractivity contribution in [3.63, 3.8) is 0 Å². The first-order chi connectivity index (χ1) is 11.2. The van der Waals surface area contributed by atoms with Crippen LogP contribution in [-0.2, 0) is 11.2 Å². The van der Waals surface area contributed by atoms with Crippen LogP contribution >= 0.6 is 0 Å². The number of carbonyl (C=O) groups excluding carboxylic acids is 1. The van der Waals surface area contributed by atoms with Gasteiger partial charge in [-0.15, -0.1) is 5.92 Å². The fraction of sp³-hybridized carbons (Fsp3) is 0.550. The largest absolute Gasteiger partial charge is 0.385 e. The normalized spacial score (nSPS) is 17.2. The summed E-state index contributed by atoms with van der Waals surface area (Å²) in [5, 5.41) is 3.58. The van der Waals surface area contributed by atoms with Gasteiger partial charge >= 0.3 is 5.91 Å². The Bertz CT molecular complexity index is 612. The molecule has 3 heteroatoms. The summed E-state index contributed by atoms with van der Waals surface area (Å²) in [6.07, 6.45) is 5.97. The van der Waals surface area contributed by atoms with E-state index in [1.165, 1.54) is 36.9 Å². The summed E-state index contributed by atoms with van der Waals surface area (Å²) in [7, 11) is 0. The van der Waals surface area contributed by atoms with Gasteiger partial charge in [0.05, 0.1) is 13.5 Å². The Morgan fingerprint density at radius 2 is 2.04 bits per heavy atom. The van der Waals surface area contributed by atoms with Crippen molar-refractivity contribution in [2.24, 2.45) is 0 Å². The predicted molar refractivity (Wildman–Crippen MR) is 98.4 cm³/mol. The Balaban J connectivity index is 2.56. The van der Waals surface area contributed by atoms with E-state index in [0.29, 0.717) is 11.0 Å². The highest BCUT2D eigenvalue weighted by Crippen LogP contribution is 2.35. The summed E-state index contributed by atoms with van der Waals surface area (Å²) >= 11 is 0. The molecule has 1 aromatic carbocycles. The molecule has 3 nitrogen and oxygen atoms in total. The van der Waals surface area contributed by atoms with Gasteiger partial charge in [-0.2, -0.15) is 0 Å². The van der Waals surface area contributed by atoms with Crippen molar-refractivity contribution < 1.29 is 4.79 Å². The van der Waals surface area contributed by atoms with Crippen molar-refractivity contribution in [1.82, 2.24) is 4.48 Å². The lowest BCUT2D eigenvalue weighted by Crippen LogP contribution is -2.53. The predicted octanol–water partition coefficient (Wildman–Crippen LogP) is 4.11. The molecule has 1 aromatic rings. The molecule has 0 saturated carbocycles. The lowest BCUT2D eigenvalue weighted by Gasteiger charge is -2.34. The number of fused-ring (bicyclic) bond motifs is 1. The van der Waals surface area contributed by atoms with Crippen LogP contribution in [0.25, 0.3) is 0 Å². The molecule has 2 rings (SSSR count). The minimum absolute atomic E-state index is 0.170. The molecular formula is C20H29N2O+. The Kier molecular flexibility index (Phi) is 6.24. The van der Waals surface area contributed by atoms with Crippen molar-refractivity contribution in [1.29, 1.82) is 0 Å². The van der Waals surface area contributed by atoms with E-state index >= 15 is 0 Å². The highest BCUT2D eigenvalue weighted by atomic mass is 16.2. The smallest absolute Gasteiger partial charge is 0.316 e. The Hall–Kier alpha value is -1.79. The average molecular weight is 313 g/mol. The van der Waals surface area contributed by atoms with Gasteiger partial charge in [-0.05, 0) is 45.1 Å². The molecule has 1 unspecified atom stereocenters. The summed E-state index contributed by atoms with van der Waals surface area (Å²) in [6, 6.07) is 6.35. The molecule has 1 atom stereocenters. The molecule has 0 radical (unpaired) electrons. The molecular weight excluding hydrogens is 284 g/mol. The number of anilines is 1. The van der Waals surface area contributed by atoms with Gasteiger partial charge in [0.1, 0.15) is 5.69 Å². The number of nitrogens with zero attached hydrogens (tertiary/aromatic N) is 1. The van der Waals surface area contributed by atoms with E-state index in [4.69, 9.17) is 0 Å². The van der Waals surface area contributed by atoms with Crippen LogP contribution in [-0.4, -0.2) is 25.5 Å². The molecule has 0 aliphatic carbocycles. The lowest BCUT2D eigenvalue weighted by atomic mass is 10.0. The maximum atomic E-state index is 12.6. The van der Waals surface area contributed by atoms with Crippen molar-refractivity contribution in [3.8, 4) is 11.8 Å². The number of amides is 1. The molecule has 0 aromatic heterocycles. The number of hydrogen-bond donors (Lipinski definition) is 1. The van der Waals surface area contributed by atoms with Crippen LogP contribution in [0.3, 0.4) is 0 Å². The number of quaternary nitrogens is 1. The Labute approximate surface area is 140 Å². The van der Waals surface area contributed by atoms with Crippen LogP contribution in [0.2, 0.25) is 0 Å². The minimum atomic E-state index is 0.170. The van der Waals surface area contributed by atoms with E-state index in [1.54, 1.807) is 6.92 Å². The quantitative estimate of drug-likeness (QED) is 0.672. The highest BCUT2D eigenvalue weighted by Gasteiger charge is 2.36. The third-order valence-electron chi connectivity index (χ3n) is 4.95. The molecule has 1 heterocycles.